The van der Waals surface area contributed by atoms with E-state index in [0.717, 1.165) is 0 Å². The molecule has 0 aromatic heterocycles. The van der Waals surface area contributed by atoms with Crippen molar-refractivity contribution in [3.63, 3.8) is 0 Å². The van der Waals surface area contributed by atoms with E-state index in [9.17, 15) is 4.79 Å². The van der Waals surface area contributed by atoms with Crippen LogP contribution < -0.4 is 5.32 Å². The third-order valence-corrected chi connectivity index (χ3v) is 2.77. The summed E-state index contributed by atoms with van der Waals surface area (Å²) in [6.07, 6.45) is 0.642. The largest absolute Gasteiger partial charge is 0.396 e. The summed E-state index contributed by atoms with van der Waals surface area (Å²) in [5, 5.41) is 20.6. The highest BCUT2D eigenvalue weighted by Crippen LogP contribution is 2.14. The van der Waals surface area contributed by atoms with Crippen LogP contribution in [0.15, 0.2) is 30.3 Å². The Morgan fingerprint density at radius 3 is 2.67 bits per heavy atom. The SMILES string of the molecule is CC(CCO)CNC(=O)C(C#N)c1ccccc1. The van der Waals surface area contributed by atoms with E-state index in [1.165, 1.54) is 0 Å². The van der Waals surface area contributed by atoms with E-state index < -0.39 is 5.92 Å². The van der Waals surface area contributed by atoms with Crippen LogP contribution in [0.4, 0.5) is 0 Å². The number of nitrogens with one attached hydrogen (secondary N) is 1. The number of aliphatic hydroxyl groups excluding tert-OH is 1. The van der Waals surface area contributed by atoms with Gasteiger partial charge in [-0.05, 0) is 17.9 Å². The Labute approximate surface area is 107 Å². The fourth-order valence-corrected chi connectivity index (χ4v) is 1.63. The fourth-order valence-electron chi connectivity index (χ4n) is 1.63. The van der Waals surface area contributed by atoms with E-state index in [0.29, 0.717) is 18.5 Å². The third-order valence-electron chi connectivity index (χ3n) is 2.77. The molecule has 2 atom stereocenters. The molecule has 0 heterocycles. The van der Waals surface area contributed by atoms with Gasteiger partial charge in [0.25, 0.3) is 0 Å². The Hall–Kier alpha value is -1.86. The van der Waals surface area contributed by atoms with Gasteiger partial charge in [-0.1, -0.05) is 37.3 Å². The van der Waals surface area contributed by atoms with Gasteiger partial charge in [-0.25, -0.2) is 0 Å². The number of benzene rings is 1. The van der Waals surface area contributed by atoms with Crippen molar-refractivity contribution in [1.29, 1.82) is 5.26 Å². The van der Waals surface area contributed by atoms with Gasteiger partial charge in [0.05, 0.1) is 6.07 Å². The number of carbonyl (C=O) groups is 1. The molecule has 0 saturated heterocycles. The predicted octanol–water partition coefficient (Wildman–Crippen LogP) is 1.43. The van der Waals surface area contributed by atoms with Crippen LogP contribution in [-0.2, 0) is 4.79 Å². The first kappa shape index (κ1) is 14.2. The van der Waals surface area contributed by atoms with Gasteiger partial charge in [0.1, 0.15) is 5.92 Å². The zero-order valence-corrected chi connectivity index (χ0v) is 10.5. The van der Waals surface area contributed by atoms with Crippen LogP contribution in [0.2, 0.25) is 0 Å². The van der Waals surface area contributed by atoms with Crippen LogP contribution in [0.3, 0.4) is 0 Å². The smallest absolute Gasteiger partial charge is 0.241 e. The number of hydrogen-bond acceptors (Lipinski definition) is 3. The fraction of sp³-hybridized carbons (Fsp3) is 0.429. The van der Waals surface area contributed by atoms with Crippen molar-refractivity contribution < 1.29 is 9.90 Å². The maximum atomic E-state index is 11.9. The maximum absolute atomic E-state index is 11.9. The van der Waals surface area contributed by atoms with Gasteiger partial charge in [-0.2, -0.15) is 5.26 Å². The maximum Gasteiger partial charge on any atom is 0.241 e. The zero-order chi connectivity index (χ0) is 13.4. The van der Waals surface area contributed by atoms with E-state index in [2.05, 4.69) is 5.32 Å². The molecular weight excluding hydrogens is 228 g/mol. The Balaban J connectivity index is 2.57. The lowest BCUT2D eigenvalue weighted by Crippen LogP contribution is -2.32. The quantitative estimate of drug-likeness (QED) is 0.797. The summed E-state index contributed by atoms with van der Waals surface area (Å²) in [6, 6.07) is 11.0. The second kappa shape index (κ2) is 7.46. The normalized spacial score (nSPS) is 13.4. The molecule has 1 amide bonds. The highest BCUT2D eigenvalue weighted by Gasteiger charge is 2.19. The van der Waals surface area contributed by atoms with E-state index >= 15 is 0 Å². The molecule has 0 bridgehead atoms. The first-order chi connectivity index (χ1) is 8.69. The molecule has 0 aliphatic carbocycles. The van der Waals surface area contributed by atoms with Crippen LogP contribution >= 0.6 is 0 Å². The van der Waals surface area contributed by atoms with Gasteiger partial charge >= 0.3 is 0 Å². The number of nitriles is 1. The molecule has 4 nitrogen and oxygen atoms in total. The van der Waals surface area contributed by atoms with Crippen LogP contribution in [0.25, 0.3) is 0 Å². The van der Waals surface area contributed by atoms with Crippen molar-refractivity contribution >= 4 is 5.91 Å². The third kappa shape index (κ3) is 4.19. The number of carbonyl (C=O) groups excluding carboxylic acids is 1. The molecule has 1 aromatic carbocycles. The summed E-state index contributed by atoms with van der Waals surface area (Å²) < 4.78 is 0. The average Bonchev–Trinajstić information content (AvgIpc) is 2.39. The molecule has 0 fully saturated rings. The molecular formula is C14H18N2O2. The molecule has 4 heteroatoms. The summed E-state index contributed by atoms with van der Waals surface area (Å²) in [7, 11) is 0. The van der Waals surface area contributed by atoms with Gasteiger partial charge in [-0.15, -0.1) is 0 Å². The number of nitrogens with zero attached hydrogens (tertiary/aromatic N) is 1. The second-order valence-corrected chi connectivity index (χ2v) is 4.34. The molecule has 0 saturated carbocycles. The van der Waals surface area contributed by atoms with Crippen molar-refractivity contribution in [2.45, 2.75) is 19.3 Å². The van der Waals surface area contributed by atoms with Crippen molar-refractivity contribution in [1.82, 2.24) is 5.32 Å². The monoisotopic (exact) mass is 246 g/mol. The lowest BCUT2D eigenvalue weighted by molar-refractivity contribution is -0.121. The molecule has 1 rings (SSSR count). The first-order valence-corrected chi connectivity index (χ1v) is 6.02. The molecule has 2 unspecified atom stereocenters. The Morgan fingerprint density at radius 1 is 1.44 bits per heavy atom. The van der Waals surface area contributed by atoms with Gasteiger partial charge < -0.3 is 10.4 Å². The molecule has 0 radical (unpaired) electrons. The van der Waals surface area contributed by atoms with Crippen molar-refractivity contribution in [2.24, 2.45) is 5.92 Å². The highest BCUT2D eigenvalue weighted by atomic mass is 16.3. The Morgan fingerprint density at radius 2 is 2.11 bits per heavy atom. The van der Waals surface area contributed by atoms with E-state index in [1.54, 1.807) is 24.3 Å². The Bertz CT molecular complexity index is 412. The van der Waals surface area contributed by atoms with Crippen LogP contribution in [0, 0.1) is 17.2 Å². The van der Waals surface area contributed by atoms with Crippen LogP contribution in [0.5, 0.6) is 0 Å². The van der Waals surface area contributed by atoms with Crippen LogP contribution in [-0.4, -0.2) is 24.2 Å². The van der Waals surface area contributed by atoms with Gasteiger partial charge in [0.2, 0.25) is 5.91 Å². The summed E-state index contributed by atoms with van der Waals surface area (Å²) in [4.78, 5) is 11.9. The van der Waals surface area contributed by atoms with Gasteiger partial charge in [0, 0.05) is 13.2 Å². The van der Waals surface area contributed by atoms with Gasteiger partial charge in [-0.3, -0.25) is 4.79 Å². The molecule has 0 spiro atoms. The minimum Gasteiger partial charge on any atom is -0.396 e. The van der Waals surface area contributed by atoms with E-state index in [-0.39, 0.29) is 18.4 Å². The molecule has 18 heavy (non-hydrogen) atoms. The lowest BCUT2D eigenvalue weighted by atomic mass is 9.99. The van der Waals surface area contributed by atoms with Crippen molar-refractivity contribution in [3.05, 3.63) is 35.9 Å². The predicted molar refractivity (Wildman–Crippen MR) is 68.7 cm³/mol. The average molecular weight is 246 g/mol. The summed E-state index contributed by atoms with van der Waals surface area (Å²) in [5.41, 5.74) is 0.701. The second-order valence-electron chi connectivity index (χ2n) is 4.34. The van der Waals surface area contributed by atoms with E-state index in [1.807, 2.05) is 19.1 Å². The molecule has 2 N–H and O–H groups in total. The number of hydrogen-bond donors (Lipinski definition) is 2. The number of aliphatic hydroxyl groups is 1. The molecule has 0 aliphatic rings. The van der Waals surface area contributed by atoms with E-state index in [4.69, 9.17) is 10.4 Å². The minimum atomic E-state index is -0.771. The van der Waals surface area contributed by atoms with Crippen molar-refractivity contribution in [3.8, 4) is 6.07 Å². The highest BCUT2D eigenvalue weighted by molar-refractivity contribution is 5.86. The topological polar surface area (TPSA) is 73.1 Å². The summed E-state index contributed by atoms with van der Waals surface area (Å²) in [6.45, 7) is 2.53. The summed E-state index contributed by atoms with van der Waals surface area (Å²) >= 11 is 0. The number of rotatable bonds is 6. The first-order valence-electron chi connectivity index (χ1n) is 6.02. The summed E-state index contributed by atoms with van der Waals surface area (Å²) in [5.74, 6) is -0.852. The number of amides is 1. The Kier molecular flexibility index (Phi) is 5.89. The van der Waals surface area contributed by atoms with Crippen molar-refractivity contribution in [2.75, 3.05) is 13.2 Å². The minimum absolute atomic E-state index is 0.109. The zero-order valence-electron chi connectivity index (χ0n) is 10.5. The van der Waals surface area contributed by atoms with Gasteiger partial charge in [0.15, 0.2) is 0 Å². The molecule has 0 aliphatic heterocycles. The van der Waals surface area contributed by atoms with Crippen LogP contribution in [0.1, 0.15) is 24.8 Å². The molecule has 96 valence electrons. The standard InChI is InChI=1S/C14H18N2O2/c1-11(7-8-17)10-16-14(18)13(9-15)12-5-3-2-4-6-12/h2-6,11,13,17H,7-8,10H2,1H3,(H,16,18). The molecule has 1 aromatic rings. The lowest BCUT2D eigenvalue weighted by Gasteiger charge is -2.14.